The lowest BCUT2D eigenvalue weighted by Gasteiger charge is -2.28. The smallest absolute Gasteiger partial charge is 0.330 e. The minimum absolute atomic E-state index is 0.0634. The van der Waals surface area contributed by atoms with Crippen molar-refractivity contribution in [1.29, 1.82) is 0 Å². The van der Waals surface area contributed by atoms with E-state index in [4.69, 9.17) is 9.47 Å². The lowest BCUT2D eigenvalue weighted by atomic mass is 9.95. The Bertz CT molecular complexity index is 293. The highest BCUT2D eigenvalue weighted by Gasteiger charge is 2.23. The molecule has 0 spiro atoms. The molecule has 3 nitrogen and oxygen atoms in total. The monoisotopic (exact) mass is 310 g/mol. The standard InChI is InChI=1S/C19H34O3/c1-3-5-6-7-8-9-10-11-16-21-17-12-14-18(15-13-17)22-19(20)4-2/h4,17-18H,2-3,5-16H2,1H3. The third kappa shape index (κ3) is 9.24. The molecule has 0 amide bonds. The fraction of sp³-hybridized carbons (Fsp3) is 0.842. The molecule has 0 atom stereocenters. The molecule has 128 valence electrons. The third-order valence-electron chi connectivity index (χ3n) is 4.42. The summed E-state index contributed by atoms with van der Waals surface area (Å²) in [4.78, 5) is 11.1. The Balaban J connectivity index is 1.90. The van der Waals surface area contributed by atoms with Crippen molar-refractivity contribution >= 4 is 5.97 Å². The minimum atomic E-state index is -0.302. The topological polar surface area (TPSA) is 35.5 Å². The normalized spacial score (nSPS) is 21.5. The van der Waals surface area contributed by atoms with Gasteiger partial charge in [-0.15, -0.1) is 0 Å². The van der Waals surface area contributed by atoms with Gasteiger partial charge in [0.2, 0.25) is 0 Å². The SMILES string of the molecule is C=CC(=O)OC1CCC(OCCCCCCCCCC)CC1. The summed E-state index contributed by atoms with van der Waals surface area (Å²) in [6, 6.07) is 0. The van der Waals surface area contributed by atoms with Gasteiger partial charge in [-0.1, -0.05) is 58.4 Å². The van der Waals surface area contributed by atoms with Crippen molar-refractivity contribution in [3.05, 3.63) is 12.7 Å². The Labute approximate surface area is 136 Å². The third-order valence-corrected chi connectivity index (χ3v) is 4.42. The van der Waals surface area contributed by atoms with Crippen molar-refractivity contribution in [1.82, 2.24) is 0 Å². The number of esters is 1. The first kappa shape index (κ1) is 19.2. The predicted molar refractivity (Wildman–Crippen MR) is 90.9 cm³/mol. The van der Waals surface area contributed by atoms with Crippen molar-refractivity contribution in [2.75, 3.05) is 6.61 Å². The summed E-state index contributed by atoms with van der Waals surface area (Å²) in [6.07, 6.45) is 16.2. The molecular formula is C19H34O3. The van der Waals surface area contributed by atoms with Gasteiger partial charge in [0, 0.05) is 12.7 Å². The molecule has 0 radical (unpaired) electrons. The van der Waals surface area contributed by atoms with Crippen LogP contribution in [0.4, 0.5) is 0 Å². The summed E-state index contributed by atoms with van der Waals surface area (Å²) in [6.45, 7) is 6.57. The van der Waals surface area contributed by atoms with Crippen LogP contribution in [0.2, 0.25) is 0 Å². The maximum Gasteiger partial charge on any atom is 0.330 e. The summed E-state index contributed by atoms with van der Waals surface area (Å²) >= 11 is 0. The zero-order valence-corrected chi connectivity index (χ0v) is 14.4. The maximum absolute atomic E-state index is 11.1. The second-order valence-electron chi connectivity index (χ2n) is 6.39. The second kappa shape index (κ2) is 12.7. The van der Waals surface area contributed by atoms with Crippen LogP contribution in [-0.4, -0.2) is 24.8 Å². The van der Waals surface area contributed by atoms with Gasteiger partial charge in [-0.25, -0.2) is 4.79 Å². The highest BCUT2D eigenvalue weighted by atomic mass is 16.5. The Morgan fingerprint density at radius 2 is 1.50 bits per heavy atom. The van der Waals surface area contributed by atoms with E-state index in [1.807, 2.05) is 0 Å². The number of hydrogen-bond acceptors (Lipinski definition) is 3. The summed E-state index contributed by atoms with van der Waals surface area (Å²) in [5.41, 5.74) is 0. The summed E-state index contributed by atoms with van der Waals surface area (Å²) in [5.74, 6) is -0.302. The lowest BCUT2D eigenvalue weighted by Crippen LogP contribution is -2.28. The first-order chi connectivity index (χ1) is 10.8. The number of carbonyl (C=O) groups is 1. The van der Waals surface area contributed by atoms with Crippen molar-refractivity contribution in [3.8, 4) is 0 Å². The van der Waals surface area contributed by atoms with Gasteiger partial charge in [0.15, 0.2) is 0 Å². The van der Waals surface area contributed by atoms with E-state index in [0.717, 1.165) is 32.3 Å². The quantitative estimate of drug-likeness (QED) is 0.283. The Kier molecular flexibility index (Phi) is 11.1. The van der Waals surface area contributed by atoms with E-state index in [1.165, 1.54) is 57.4 Å². The predicted octanol–water partition coefficient (Wildman–Crippen LogP) is 5.18. The molecule has 3 heteroatoms. The highest BCUT2D eigenvalue weighted by molar-refractivity contribution is 5.81. The minimum Gasteiger partial charge on any atom is -0.459 e. The second-order valence-corrected chi connectivity index (χ2v) is 6.39. The molecule has 0 aromatic rings. The Hall–Kier alpha value is -0.830. The van der Waals surface area contributed by atoms with Crippen LogP contribution in [0.25, 0.3) is 0 Å². The molecule has 1 aliphatic carbocycles. The first-order valence-corrected chi connectivity index (χ1v) is 9.21. The molecule has 22 heavy (non-hydrogen) atoms. The van der Waals surface area contributed by atoms with E-state index in [2.05, 4.69) is 13.5 Å². The zero-order chi connectivity index (χ0) is 16.0. The molecule has 0 aromatic carbocycles. The van der Waals surface area contributed by atoms with Crippen LogP contribution in [0, 0.1) is 0 Å². The van der Waals surface area contributed by atoms with Crippen LogP contribution < -0.4 is 0 Å². The fourth-order valence-corrected chi connectivity index (χ4v) is 3.02. The van der Waals surface area contributed by atoms with Gasteiger partial charge in [0.1, 0.15) is 6.10 Å². The molecule has 1 saturated carbocycles. The first-order valence-electron chi connectivity index (χ1n) is 9.21. The van der Waals surface area contributed by atoms with Gasteiger partial charge in [-0.3, -0.25) is 0 Å². The van der Waals surface area contributed by atoms with Gasteiger partial charge in [-0.05, 0) is 32.1 Å². The van der Waals surface area contributed by atoms with Gasteiger partial charge < -0.3 is 9.47 Å². The van der Waals surface area contributed by atoms with Gasteiger partial charge >= 0.3 is 5.97 Å². The summed E-state index contributed by atoms with van der Waals surface area (Å²) in [7, 11) is 0. The van der Waals surface area contributed by atoms with E-state index in [9.17, 15) is 4.79 Å². The van der Waals surface area contributed by atoms with Gasteiger partial charge in [0.05, 0.1) is 6.10 Å². The number of carbonyl (C=O) groups excluding carboxylic acids is 1. The van der Waals surface area contributed by atoms with Gasteiger partial charge in [0.25, 0.3) is 0 Å². The van der Waals surface area contributed by atoms with Crippen molar-refractivity contribution in [2.24, 2.45) is 0 Å². The van der Waals surface area contributed by atoms with E-state index in [1.54, 1.807) is 0 Å². The largest absolute Gasteiger partial charge is 0.459 e. The Morgan fingerprint density at radius 1 is 0.955 bits per heavy atom. The molecule has 0 heterocycles. The van der Waals surface area contributed by atoms with Crippen molar-refractivity contribution < 1.29 is 14.3 Å². The van der Waals surface area contributed by atoms with Crippen LogP contribution in [0.1, 0.15) is 84.0 Å². The zero-order valence-electron chi connectivity index (χ0n) is 14.4. The number of unbranched alkanes of at least 4 members (excludes halogenated alkanes) is 7. The number of ether oxygens (including phenoxy) is 2. The van der Waals surface area contributed by atoms with Crippen molar-refractivity contribution in [2.45, 2.75) is 96.2 Å². The molecular weight excluding hydrogens is 276 g/mol. The molecule has 0 saturated heterocycles. The average molecular weight is 310 g/mol. The molecule has 0 aliphatic heterocycles. The average Bonchev–Trinajstić information content (AvgIpc) is 2.54. The highest BCUT2D eigenvalue weighted by Crippen LogP contribution is 2.24. The lowest BCUT2D eigenvalue weighted by molar-refractivity contribution is -0.145. The van der Waals surface area contributed by atoms with Crippen LogP contribution >= 0.6 is 0 Å². The summed E-state index contributed by atoms with van der Waals surface area (Å²) < 4.78 is 11.2. The fourth-order valence-electron chi connectivity index (χ4n) is 3.02. The molecule has 0 N–H and O–H groups in total. The maximum atomic E-state index is 11.1. The van der Waals surface area contributed by atoms with Gasteiger partial charge in [-0.2, -0.15) is 0 Å². The number of hydrogen-bond donors (Lipinski definition) is 0. The van der Waals surface area contributed by atoms with E-state index in [0.29, 0.717) is 6.10 Å². The molecule has 1 rings (SSSR count). The van der Waals surface area contributed by atoms with Crippen molar-refractivity contribution in [3.63, 3.8) is 0 Å². The van der Waals surface area contributed by atoms with Crippen LogP contribution in [-0.2, 0) is 14.3 Å². The molecule has 0 bridgehead atoms. The number of rotatable bonds is 12. The summed E-state index contributed by atoms with van der Waals surface area (Å²) in [5, 5.41) is 0. The molecule has 1 fully saturated rings. The van der Waals surface area contributed by atoms with E-state index in [-0.39, 0.29) is 12.1 Å². The van der Waals surface area contributed by atoms with E-state index >= 15 is 0 Å². The van der Waals surface area contributed by atoms with Crippen LogP contribution in [0.5, 0.6) is 0 Å². The molecule has 0 aromatic heterocycles. The Morgan fingerprint density at radius 3 is 2.09 bits per heavy atom. The molecule has 0 unspecified atom stereocenters. The van der Waals surface area contributed by atoms with E-state index < -0.39 is 0 Å². The molecule has 1 aliphatic rings. The van der Waals surface area contributed by atoms with Crippen LogP contribution in [0.15, 0.2) is 12.7 Å². The van der Waals surface area contributed by atoms with Crippen LogP contribution in [0.3, 0.4) is 0 Å².